The Hall–Kier alpha value is -0.440. The first kappa shape index (κ1) is 15.9. The van der Waals surface area contributed by atoms with Gasteiger partial charge in [-0.3, -0.25) is 0 Å². The van der Waals surface area contributed by atoms with Gasteiger partial charge in [-0.25, -0.2) is 13.1 Å². The highest BCUT2D eigenvalue weighted by Crippen LogP contribution is 2.27. The molecule has 20 heavy (non-hydrogen) atoms. The van der Waals surface area contributed by atoms with E-state index < -0.39 is 10.0 Å². The summed E-state index contributed by atoms with van der Waals surface area (Å²) in [5, 5.41) is 4.85. The molecule has 2 aromatic rings. The normalized spacial score (nSPS) is 11.9. The van der Waals surface area contributed by atoms with Gasteiger partial charge in [-0.2, -0.15) is 0 Å². The Bertz CT molecular complexity index is 691. The molecule has 0 amide bonds. The van der Waals surface area contributed by atoms with E-state index >= 15 is 0 Å². The maximum absolute atomic E-state index is 12.4. The van der Waals surface area contributed by atoms with Crippen molar-refractivity contribution in [2.75, 3.05) is 7.05 Å². The molecule has 0 radical (unpaired) electrons. The highest BCUT2D eigenvalue weighted by molar-refractivity contribution is 7.89. The zero-order valence-electron chi connectivity index (χ0n) is 11.1. The molecule has 8 heteroatoms. The molecule has 0 bridgehead atoms. The van der Waals surface area contributed by atoms with Crippen LogP contribution in [0.4, 0.5) is 0 Å². The zero-order valence-corrected chi connectivity index (χ0v) is 14.3. The Morgan fingerprint density at radius 2 is 2.05 bits per heavy atom. The quantitative estimate of drug-likeness (QED) is 0.842. The first-order chi connectivity index (χ1) is 9.44. The van der Waals surface area contributed by atoms with Crippen LogP contribution in [0.3, 0.4) is 0 Å². The second-order valence-corrected chi connectivity index (χ2v) is 8.70. The summed E-state index contributed by atoms with van der Waals surface area (Å²) in [6.07, 6.45) is 0. The summed E-state index contributed by atoms with van der Waals surface area (Å²) in [4.78, 5) is 2.10. The fraction of sp³-hybridized carbons (Fsp3) is 0.333. The minimum Gasteiger partial charge on any atom is -0.315 e. The summed E-state index contributed by atoms with van der Waals surface area (Å²) in [5.74, 6) is 0. The molecule has 2 heterocycles. The van der Waals surface area contributed by atoms with Crippen LogP contribution < -0.4 is 10.0 Å². The van der Waals surface area contributed by atoms with E-state index in [9.17, 15) is 8.42 Å². The topological polar surface area (TPSA) is 58.2 Å². The molecule has 0 saturated carbocycles. The van der Waals surface area contributed by atoms with Crippen molar-refractivity contribution in [1.82, 2.24) is 10.0 Å². The van der Waals surface area contributed by atoms with E-state index in [0.717, 1.165) is 15.3 Å². The van der Waals surface area contributed by atoms with Crippen molar-refractivity contribution in [2.45, 2.75) is 24.9 Å². The van der Waals surface area contributed by atoms with Gasteiger partial charge in [0.05, 0.1) is 4.34 Å². The number of halogens is 1. The van der Waals surface area contributed by atoms with Gasteiger partial charge in [0.15, 0.2) is 0 Å². The van der Waals surface area contributed by atoms with Gasteiger partial charge in [0.2, 0.25) is 10.0 Å². The molecule has 0 saturated heterocycles. The maximum atomic E-state index is 12.4. The molecule has 110 valence electrons. The van der Waals surface area contributed by atoms with Gasteiger partial charge < -0.3 is 5.32 Å². The SMILES string of the molecule is CNCc1scc(C)c1S(=O)(=O)NCc1ccc(Cl)s1. The summed E-state index contributed by atoms with van der Waals surface area (Å²) < 4.78 is 28.1. The third-order valence-electron chi connectivity index (χ3n) is 2.66. The van der Waals surface area contributed by atoms with Crippen molar-refractivity contribution in [2.24, 2.45) is 0 Å². The summed E-state index contributed by atoms with van der Waals surface area (Å²) in [6, 6.07) is 3.59. The van der Waals surface area contributed by atoms with E-state index in [0.29, 0.717) is 15.8 Å². The molecule has 4 nitrogen and oxygen atoms in total. The summed E-state index contributed by atoms with van der Waals surface area (Å²) in [5.41, 5.74) is 0.775. The zero-order chi connectivity index (χ0) is 14.8. The Balaban J connectivity index is 2.20. The van der Waals surface area contributed by atoms with Crippen LogP contribution in [0.5, 0.6) is 0 Å². The van der Waals surface area contributed by atoms with Crippen LogP contribution in [-0.4, -0.2) is 15.5 Å². The predicted molar refractivity (Wildman–Crippen MR) is 85.2 cm³/mol. The highest BCUT2D eigenvalue weighted by Gasteiger charge is 2.22. The van der Waals surface area contributed by atoms with Crippen LogP contribution in [0.25, 0.3) is 0 Å². The average Bonchev–Trinajstić information content (AvgIpc) is 2.95. The van der Waals surface area contributed by atoms with E-state index in [1.54, 1.807) is 13.1 Å². The Morgan fingerprint density at radius 1 is 1.30 bits per heavy atom. The van der Waals surface area contributed by atoms with E-state index in [1.807, 2.05) is 18.4 Å². The van der Waals surface area contributed by atoms with Crippen molar-refractivity contribution >= 4 is 44.3 Å². The van der Waals surface area contributed by atoms with E-state index in [4.69, 9.17) is 11.6 Å². The van der Waals surface area contributed by atoms with Crippen molar-refractivity contribution in [3.63, 3.8) is 0 Å². The number of rotatable bonds is 6. The molecule has 0 fully saturated rings. The summed E-state index contributed by atoms with van der Waals surface area (Å²) in [7, 11) is -1.71. The second-order valence-electron chi connectivity index (χ2n) is 4.23. The van der Waals surface area contributed by atoms with Crippen LogP contribution >= 0.6 is 34.3 Å². The molecule has 0 aliphatic heterocycles. The molecule has 0 aliphatic rings. The molecule has 2 aromatic heterocycles. The lowest BCUT2D eigenvalue weighted by atomic mass is 10.3. The Kier molecular flexibility index (Phi) is 5.22. The Morgan fingerprint density at radius 3 is 2.65 bits per heavy atom. The van der Waals surface area contributed by atoms with Crippen molar-refractivity contribution < 1.29 is 8.42 Å². The molecular formula is C12H15ClN2O2S3. The van der Waals surface area contributed by atoms with Gasteiger partial charge in [-0.1, -0.05) is 11.6 Å². The molecular weight excluding hydrogens is 336 g/mol. The highest BCUT2D eigenvalue weighted by atomic mass is 35.5. The Labute approximate surface area is 131 Å². The average molecular weight is 351 g/mol. The van der Waals surface area contributed by atoms with Crippen LogP contribution in [-0.2, 0) is 23.1 Å². The largest absolute Gasteiger partial charge is 0.315 e. The van der Waals surface area contributed by atoms with Crippen LogP contribution in [0.1, 0.15) is 15.3 Å². The minimum atomic E-state index is -3.51. The number of hydrogen-bond acceptors (Lipinski definition) is 5. The van der Waals surface area contributed by atoms with E-state index in [1.165, 1.54) is 22.7 Å². The molecule has 2 N–H and O–H groups in total. The fourth-order valence-corrected chi connectivity index (χ4v) is 5.76. The van der Waals surface area contributed by atoms with Gasteiger partial charge in [0.1, 0.15) is 4.90 Å². The van der Waals surface area contributed by atoms with Gasteiger partial charge >= 0.3 is 0 Å². The fourth-order valence-electron chi connectivity index (χ4n) is 1.82. The smallest absolute Gasteiger partial charge is 0.242 e. The summed E-state index contributed by atoms with van der Waals surface area (Å²) >= 11 is 8.66. The van der Waals surface area contributed by atoms with E-state index in [2.05, 4.69) is 10.0 Å². The molecule has 0 atom stereocenters. The number of aryl methyl sites for hydroxylation is 1. The van der Waals surface area contributed by atoms with Crippen LogP contribution in [0, 0.1) is 6.92 Å². The lowest BCUT2D eigenvalue weighted by molar-refractivity contribution is 0.580. The first-order valence-corrected chi connectivity index (χ1v) is 9.45. The van der Waals surface area contributed by atoms with Gasteiger partial charge in [-0.15, -0.1) is 22.7 Å². The van der Waals surface area contributed by atoms with Crippen molar-refractivity contribution in [3.05, 3.63) is 37.2 Å². The van der Waals surface area contributed by atoms with Gasteiger partial charge in [0, 0.05) is 22.8 Å². The minimum absolute atomic E-state index is 0.258. The lowest BCUT2D eigenvalue weighted by Crippen LogP contribution is -2.24. The number of sulfonamides is 1. The summed E-state index contributed by atoms with van der Waals surface area (Å²) in [6.45, 7) is 2.61. The first-order valence-electron chi connectivity index (χ1n) is 5.89. The molecule has 2 rings (SSSR count). The van der Waals surface area contributed by atoms with Gasteiger partial charge in [0.25, 0.3) is 0 Å². The maximum Gasteiger partial charge on any atom is 0.242 e. The van der Waals surface area contributed by atoms with Crippen LogP contribution in [0.15, 0.2) is 22.4 Å². The van der Waals surface area contributed by atoms with Crippen LogP contribution in [0.2, 0.25) is 4.34 Å². The molecule has 0 unspecified atom stereocenters. The monoisotopic (exact) mass is 350 g/mol. The third-order valence-corrected chi connectivity index (χ3v) is 6.76. The molecule has 0 aliphatic carbocycles. The second kappa shape index (κ2) is 6.55. The molecule has 0 spiro atoms. The number of nitrogens with one attached hydrogen (secondary N) is 2. The van der Waals surface area contributed by atoms with Gasteiger partial charge in [-0.05, 0) is 37.0 Å². The number of thiophene rings is 2. The third kappa shape index (κ3) is 3.60. The number of hydrogen-bond donors (Lipinski definition) is 2. The standard InChI is InChI=1S/C12H15ClN2O2S3/c1-8-7-18-10(6-14-2)12(8)20(16,17)15-5-9-3-4-11(13)19-9/h3-4,7,14-15H,5-6H2,1-2H3. The molecule has 0 aromatic carbocycles. The van der Waals surface area contributed by atoms with E-state index in [-0.39, 0.29) is 6.54 Å². The van der Waals surface area contributed by atoms with Crippen molar-refractivity contribution in [1.29, 1.82) is 0 Å². The lowest BCUT2D eigenvalue weighted by Gasteiger charge is -2.08. The predicted octanol–water partition coefficient (Wildman–Crippen LogP) is 2.97. The van der Waals surface area contributed by atoms with Crippen molar-refractivity contribution in [3.8, 4) is 0 Å².